The molecule has 0 aromatic heterocycles. The number of rotatable bonds is 1. The molecule has 6 heteroatoms. The molecule has 5 aliphatic rings. The van der Waals surface area contributed by atoms with E-state index in [0.717, 1.165) is 24.8 Å². The number of carbonyl (C=O) groups is 1. The van der Waals surface area contributed by atoms with Gasteiger partial charge in [-0.25, -0.2) is 0 Å². The van der Waals surface area contributed by atoms with Crippen LogP contribution in [0.15, 0.2) is 11.6 Å². The van der Waals surface area contributed by atoms with Gasteiger partial charge in [0.25, 0.3) is 0 Å². The van der Waals surface area contributed by atoms with Gasteiger partial charge in [-0.1, -0.05) is 53.2 Å². The summed E-state index contributed by atoms with van der Waals surface area (Å²) in [6.45, 7) is 14.7. The van der Waals surface area contributed by atoms with Crippen molar-refractivity contribution in [3.8, 4) is 0 Å². The van der Waals surface area contributed by atoms with Gasteiger partial charge in [-0.05, 0) is 85.9 Å². The fourth-order valence-electron chi connectivity index (χ4n) is 10.9. The van der Waals surface area contributed by atoms with Gasteiger partial charge in [0.2, 0.25) is 0 Å². The first kappa shape index (κ1) is 26.6. The number of fused-ring (bicyclic) bond motifs is 7. The van der Waals surface area contributed by atoms with Gasteiger partial charge in [0.1, 0.15) is 6.10 Å². The quantitative estimate of drug-likeness (QED) is 0.343. The van der Waals surface area contributed by atoms with Crippen LogP contribution < -0.4 is 0 Å². The van der Waals surface area contributed by atoms with E-state index in [2.05, 4.69) is 26.8 Å². The molecule has 5 aliphatic carbocycles. The van der Waals surface area contributed by atoms with Gasteiger partial charge in [-0.2, -0.15) is 0 Å². The number of aliphatic hydroxyl groups is 4. The minimum absolute atomic E-state index is 0.00890. The molecule has 5 N–H and O–H groups in total. The van der Waals surface area contributed by atoms with Gasteiger partial charge in [0, 0.05) is 11.3 Å². The van der Waals surface area contributed by atoms with Gasteiger partial charge >= 0.3 is 5.97 Å². The molecule has 4 saturated carbocycles. The summed E-state index contributed by atoms with van der Waals surface area (Å²) in [5.74, 6) is -1.10. The maximum absolute atomic E-state index is 12.8. The van der Waals surface area contributed by atoms with Gasteiger partial charge < -0.3 is 25.5 Å². The zero-order valence-electron chi connectivity index (χ0n) is 23.2. The van der Waals surface area contributed by atoms with E-state index in [-0.39, 0.29) is 28.6 Å². The van der Waals surface area contributed by atoms with Crippen molar-refractivity contribution >= 4 is 5.97 Å². The fourth-order valence-corrected chi connectivity index (χ4v) is 10.9. The maximum atomic E-state index is 12.8. The summed E-state index contributed by atoms with van der Waals surface area (Å²) >= 11 is 0. The van der Waals surface area contributed by atoms with E-state index in [1.54, 1.807) is 0 Å². The van der Waals surface area contributed by atoms with Crippen LogP contribution in [-0.2, 0) is 4.79 Å². The minimum atomic E-state index is -1.20. The number of carboxylic acids is 1. The molecule has 0 heterocycles. The van der Waals surface area contributed by atoms with E-state index in [4.69, 9.17) is 0 Å². The number of aliphatic hydroxyl groups excluding tert-OH is 3. The first-order valence-corrected chi connectivity index (χ1v) is 14.1. The van der Waals surface area contributed by atoms with E-state index >= 15 is 0 Å². The molecule has 12 atom stereocenters. The molecule has 0 amide bonds. The van der Waals surface area contributed by atoms with E-state index in [1.165, 1.54) is 0 Å². The third-order valence-electron chi connectivity index (χ3n) is 13.6. The Kier molecular flexibility index (Phi) is 5.61. The smallest absolute Gasteiger partial charge is 0.310 e. The second kappa shape index (κ2) is 7.58. The highest BCUT2D eigenvalue weighted by atomic mass is 16.4. The molecule has 0 radical (unpaired) electrons. The molecule has 0 aromatic rings. The van der Waals surface area contributed by atoms with Crippen molar-refractivity contribution in [3.63, 3.8) is 0 Å². The lowest BCUT2D eigenvalue weighted by Gasteiger charge is -2.72. The molecule has 0 aromatic carbocycles. The highest BCUT2D eigenvalue weighted by Gasteiger charge is 2.73. The lowest BCUT2D eigenvalue weighted by Crippen LogP contribution is -2.72. The molecule has 4 fully saturated rings. The maximum Gasteiger partial charge on any atom is 0.310 e. The van der Waals surface area contributed by atoms with Gasteiger partial charge in [-0.15, -0.1) is 0 Å². The fraction of sp³-hybridized carbons (Fsp3) is 0.900. The summed E-state index contributed by atoms with van der Waals surface area (Å²) in [5, 5.41) is 55.9. The predicted molar refractivity (Wildman–Crippen MR) is 137 cm³/mol. The number of hydrogen-bond donors (Lipinski definition) is 5. The lowest BCUT2D eigenvalue weighted by atomic mass is 9.32. The van der Waals surface area contributed by atoms with Crippen molar-refractivity contribution in [1.82, 2.24) is 0 Å². The van der Waals surface area contributed by atoms with Crippen LogP contribution in [-0.4, -0.2) is 55.4 Å². The van der Waals surface area contributed by atoms with Crippen molar-refractivity contribution in [2.45, 2.75) is 117 Å². The molecule has 3 unspecified atom stereocenters. The number of hydrogen-bond acceptors (Lipinski definition) is 5. The van der Waals surface area contributed by atoms with Gasteiger partial charge in [0.05, 0.1) is 23.2 Å². The number of allylic oxidation sites excluding steroid dienone is 1. The van der Waals surface area contributed by atoms with Crippen molar-refractivity contribution in [1.29, 1.82) is 0 Å². The minimum Gasteiger partial charge on any atom is -0.481 e. The molecular weight excluding hydrogens is 456 g/mol. The van der Waals surface area contributed by atoms with Crippen molar-refractivity contribution < 1.29 is 30.3 Å². The van der Waals surface area contributed by atoms with Crippen LogP contribution in [0.2, 0.25) is 0 Å². The zero-order valence-corrected chi connectivity index (χ0v) is 23.2. The van der Waals surface area contributed by atoms with Crippen LogP contribution in [0.5, 0.6) is 0 Å². The largest absolute Gasteiger partial charge is 0.481 e. The number of aliphatic carboxylic acids is 1. The summed E-state index contributed by atoms with van der Waals surface area (Å²) in [4.78, 5) is 12.8. The molecular formula is C30H48O6. The van der Waals surface area contributed by atoms with Gasteiger partial charge in [-0.3, -0.25) is 4.79 Å². The van der Waals surface area contributed by atoms with E-state index in [9.17, 15) is 30.3 Å². The highest BCUT2D eigenvalue weighted by Crippen LogP contribution is 2.76. The van der Waals surface area contributed by atoms with E-state index < -0.39 is 52.0 Å². The third-order valence-corrected chi connectivity index (χ3v) is 13.6. The Morgan fingerprint density at radius 1 is 0.889 bits per heavy atom. The molecule has 0 spiro atoms. The molecule has 0 saturated heterocycles. The van der Waals surface area contributed by atoms with Crippen molar-refractivity contribution in [3.05, 3.63) is 11.6 Å². The van der Waals surface area contributed by atoms with Crippen molar-refractivity contribution in [2.24, 2.45) is 50.7 Å². The summed E-state index contributed by atoms with van der Waals surface area (Å²) in [6.07, 6.45) is 4.02. The van der Waals surface area contributed by atoms with Crippen LogP contribution in [0.3, 0.4) is 0 Å². The summed E-state index contributed by atoms with van der Waals surface area (Å²) in [5.41, 5.74) is -2.63. The Hall–Kier alpha value is -0.950. The SMILES string of the molecule is C[C@@H]1CC[C@]2(C(=O)O)CC[C@]3(C)C(=CCC4[C@]5(C)C(CC[C@]43C)C(C)(C)[C@@H](O)[C@H](O)[C@H]5O)C2[C@]1(C)O. The Bertz CT molecular complexity index is 986. The average Bonchev–Trinajstić information content (AvgIpc) is 2.79. The normalized spacial score (nSPS) is 58.0. The Balaban J connectivity index is 1.67. The van der Waals surface area contributed by atoms with E-state index in [1.807, 2.05) is 27.7 Å². The Labute approximate surface area is 216 Å². The topological polar surface area (TPSA) is 118 Å². The summed E-state index contributed by atoms with van der Waals surface area (Å²) < 4.78 is 0. The van der Waals surface area contributed by atoms with E-state index in [0.29, 0.717) is 25.7 Å². The zero-order chi connectivity index (χ0) is 26.9. The Morgan fingerprint density at radius 3 is 2.14 bits per heavy atom. The summed E-state index contributed by atoms with van der Waals surface area (Å²) in [7, 11) is 0. The lowest BCUT2D eigenvalue weighted by molar-refractivity contribution is -0.279. The molecule has 0 bridgehead atoms. The molecule has 204 valence electrons. The second-order valence-corrected chi connectivity index (χ2v) is 14.9. The van der Waals surface area contributed by atoms with Crippen LogP contribution in [0.25, 0.3) is 0 Å². The number of carboxylic acid groups (broad SMARTS) is 1. The molecule has 0 aliphatic heterocycles. The standard InChI is InChI=1S/C30H48O6/c1-16-10-13-30(24(34)35)15-14-26(4)17(21(30)29(16,7)36)8-9-19-27(26,5)12-11-18-25(2,3)22(32)20(31)23(33)28(18,19)6/h8,16,18-23,31-33,36H,9-15H2,1-7H3,(H,34,35)/t16-,18?,19?,20+,21?,22+,23-,26-,27-,28+,29-,30+/m1/s1. The van der Waals surface area contributed by atoms with Crippen LogP contribution >= 0.6 is 0 Å². The molecule has 5 rings (SSSR count). The Morgan fingerprint density at radius 2 is 1.53 bits per heavy atom. The summed E-state index contributed by atoms with van der Waals surface area (Å²) in [6, 6.07) is 0. The van der Waals surface area contributed by atoms with Crippen LogP contribution in [0.1, 0.15) is 93.4 Å². The average molecular weight is 505 g/mol. The highest BCUT2D eigenvalue weighted by molar-refractivity contribution is 5.77. The van der Waals surface area contributed by atoms with Crippen LogP contribution in [0, 0.1) is 50.7 Å². The molecule has 36 heavy (non-hydrogen) atoms. The predicted octanol–water partition coefficient (Wildman–Crippen LogP) is 4.15. The third kappa shape index (κ3) is 2.80. The monoisotopic (exact) mass is 504 g/mol. The second-order valence-electron chi connectivity index (χ2n) is 14.9. The first-order valence-electron chi connectivity index (χ1n) is 14.1. The van der Waals surface area contributed by atoms with Crippen LogP contribution in [0.4, 0.5) is 0 Å². The molecule has 6 nitrogen and oxygen atoms in total. The van der Waals surface area contributed by atoms with Crippen molar-refractivity contribution in [2.75, 3.05) is 0 Å². The van der Waals surface area contributed by atoms with Gasteiger partial charge in [0.15, 0.2) is 0 Å². The first-order chi connectivity index (χ1) is 16.4.